The number of benzene rings is 1. The van der Waals surface area contributed by atoms with Crippen molar-refractivity contribution in [3.63, 3.8) is 0 Å². The minimum Gasteiger partial charge on any atom is -0.354 e. The van der Waals surface area contributed by atoms with E-state index in [1.807, 2.05) is 0 Å². The second-order valence-corrected chi connectivity index (χ2v) is 5.97. The van der Waals surface area contributed by atoms with Crippen LogP contribution in [0.1, 0.15) is 30.9 Å². The minimum absolute atomic E-state index is 0.562. The Morgan fingerprint density at radius 3 is 2.60 bits per heavy atom. The second-order valence-electron chi connectivity index (χ2n) is 5.97. The van der Waals surface area contributed by atoms with Crippen LogP contribution in [0.4, 0.5) is 5.82 Å². The van der Waals surface area contributed by atoms with E-state index in [2.05, 4.69) is 55.3 Å². The molecular weight excluding hydrogens is 246 g/mol. The molecule has 3 rings (SSSR count). The number of anilines is 1. The monoisotopic (exact) mass is 269 g/mol. The highest BCUT2D eigenvalue weighted by molar-refractivity contribution is 5.84. The first kappa shape index (κ1) is 13.4. The number of rotatable bonds is 2. The first-order valence-corrected chi connectivity index (χ1v) is 7.52. The van der Waals surface area contributed by atoms with Crippen molar-refractivity contribution in [1.29, 1.82) is 0 Å². The van der Waals surface area contributed by atoms with Gasteiger partial charge in [0.05, 0.1) is 5.52 Å². The average molecular weight is 269 g/mol. The molecule has 1 N–H and O–H groups in total. The topological polar surface area (TPSA) is 28.2 Å². The number of hydrogen-bond acceptors (Lipinski definition) is 3. The van der Waals surface area contributed by atoms with Gasteiger partial charge >= 0.3 is 0 Å². The van der Waals surface area contributed by atoms with E-state index < -0.39 is 0 Å². The summed E-state index contributed by atoms with van der Waals surface area (Å²) in [6.45, 7) is 10.8. The third-order valence-electron chi connectivity index (χ3n) is 4.13. The highest BCUT2D eigenvalue weighted by atomic mass is 15.2. The molecule has 3 heteroatoms. The van der Waals surface area contributed by atoms with Gasteiger partial charge in [-0.2, -0.15) is 0 Å². The lowest BCUT2D eigenvalue weighted by atomic mass is 9.99. The van der Waals surface area contributed by atoms with Gasteiger partial charge < -0.3 is 10.2 Å². The molecule has 1 aliphatic rings. The van der Waals surface area contributed by atoms with Gasteiger partial charge in [0.25, 0.3) is 0 Å². The van der Waals surface area contributed by atoms with Crippen LogP contribution in [0.15, 0.2) is 24.3 Å². The van der Waals surface area contributed by atoms with E-state index in [-0.39, 0.29) is 0 Å². The van der Waals surface area contributed by atoms with Gasteiger partial charge in [-0.1, -0.05) is 19.9 Å². The number of hydrogen-bond donors (Lipinski definition) is 1. The first-order chi connectivity index (χ1) is 9.65. The van der Waals surface area contributed by atoms with Crippen LogP contribution in [0.5, 0.6) is 0 Å². The number of pyridine rings is 1. The molecule has 1 aromatic carbocycles. The van der Waals surface area contributed by atoms with E-state index >= 15 is 0 Å². The fraction of sp³-hybridized carbons (Fsp3) is 0.471. The molecule has 106 valence electrons. The summed E-state index contributed by atoms with van der Waals surface area (Å²) >= 11 is 0. The van der Waals surface area contributed by atoms with E-state index in [0.29, 0.717) is 5.92 Å². The molecule has 2 aromatic rings. The van der Waals surface area contributed by atoms with Gasteiger partial charge in [-0.3, -0.25) is 0 Å². The Balaban J connectivity index is 2.03. The van der Waals surface area contributed by atoms with Crippen LogP contribution in [0, 0.1) is 6.92 Å². The maximum absolute atomic E-state index is 4.86. The van der Waals surface area contributed by atoms with Crippen molar-refractivity contribution in [2.24, 2.45) is 0 Å². The molecule has 1 saturated heterocycles. The van der Waals surface area contributed by atoms with Crippen LogP contribution in [0.3, 0.4) is 0 Å². The lowest BCUT2D eigenvalue weighted by molar-refractivity contribution is 0.585. The molecule has 0 bridgehead atoms. The minimum atomic E-state index is 0.562. The summed E-state index contributed by atoms with van der Waals surface area (Å²) in [4.78, 5) is 7.23. The molecule has 3 nitrogen and oxygen atoms in total. The normalized spacial score (nSPS) is 16.1. The molecule has 1 aliphatic heterocycles. The molecule has 0 amide bonds. The Morgan fingerprint density at radius 2 is 1.90 bits per heavy atom. The predicted molar refractivity (Wildman–Crippen MR) is 85.7 cm³/mol. The zero-order valence-electron chi connectivity index (χ0n) is 12.6. The third kappa shape index (κ3) is 2.50. The number of nitrogens with zero attached hydrogens (tertiary/aromatic N) is 2. The van der Waals surface area contributed by atoms with Crippen LogP contribution >= 0.6 is 0 Å². The summed E-state index contributed by atoms with van der Waals surface area (Å²) in [5.41, 5.74) is 3.83. The van der Waals surface area contributed by atoms with E-state index in [1.54, 1.807) is 0 Å². The highest BCUT2D eigenvalue weighted by Gasteiger charge is 2.13. The van der Waals surface area contributed by atoms with Gasteiger partial charge in [0.15, 0.2) is 0 Å². The van der Waals surface area contributed by atoms with Gasteiger partial charge in [-0.15, -0.1) is 0 Å². The molecule has 0 unspecified atom stereocenters. The second kappa shape index (κ2) is 5.41. The van der Waals surface area contributed by atoms with E-state index in [4.69, 9.17) is 4.98 Å². The highest BCUT2D eigenvalue weighted by Crippen LogP contribution is 2.26. The summed E-state index contributed by atoms with van der Waals surface area (Å²) in [6.07, 6.45) is 0. The predicted octanol–water partition coefficient (Wildman–Crippen LogP) is 3.08. The largest absolute Gasteiger partial charge is 0.354 e. The van der Waals surface area contributed by atoms with Crippen molar-refractivity contribution in [1.82, 2.24) is 10.3 Å². The quantitative estimate of drug-likeness (QED) is 0.908. The Kier molecular flexibility index (Phi) is 3.62. The van der Waals surface area contributed by atoms with Gasteiger partial charge in [0, 0.05) is 31.6 Å². The Morgan fingerprint density at radius 1 is 1.15 bits per heavy atom. The molecule has 0 aliphatic carbocycles. The Bertz CT molecular complexity index is 613. The zero-order chi connectivity index (χ0) is 14.1. The number of aromatic nitrogens is 1. The molecule has 20 heavy (non-hydrogen) atoms. The van der Waals surface area contributed by atoms with Gasteiger partial charge in [-0.05, 0) is 42.2 Å². The third-order valence-corrected chi connectivity index (χ3v) is 4.13. The van der Waals surface area contributed by atoms with Crippen LogP contribution in [0.25, 0.3) is 10.9 Å². The molecule has 0 spiro atoms. The Labute approximate surface area is 121 Å². The van der Waals surface area contributed by atoms with E-state index in [9.17, 15) is 0 Å². The SMILES string of the molecule is Cc1cc(N2CCNCC2)nc2ccc(C(C)C)cc12. The summed E-state index contributed by atoms with van der Waals surface area (Å²) in [5, 5.41) is 4.67. The van der Waals surface area contributed by atoms with Crippen molar-refractivity contribution in [3.8, 4) is 0 Å². The van der Waals surface area contributed by atoms with Crippen molar-refractivity contribution >= 4 is 16.7 Å². The molecule has 1 aromatic heterocycles. The molecule has 0 saturated carbocycles. The molecule has 1 fully saturated rings. The maximum Gasteiger partial charge on any atom is 0.129 e. The molecular formula is C17H23N3. The molecule has 2 heterocycles. The van der Waals surface area contributed by atoms with E-state index in [1.165, 1.54) is 16.5 Å². The zero-order valence-corrected chi connectivity index (χ0v) is 12.6. The molecule has 0 atom stereocenters. The lowest BCUT2D eigenvalue weighted by Gasteiger charge is -2.29. The van der Waals surface area contributed by atoms with Crippen molar-refractivity contribution < 1.29 is 0 Å². The van der Waals surface area contributed by atoms with Gasteiger partial charge in [-0.25, -0.2) is 4.98 Å². The number of nitrogens with one attached hydrogen (secondary N) is 1. The molecule has 0 radical (unpaired) electrons. The van der Waals surface area contributed by atoms with Crippen LogP contribution in [-0.4, -0.2) is 31.2 Å². The fourth-order valence-electron chi connectivity index (χ4n) is 2.81. The summed E-state index contributed by atoms with van der Waals surface area (Å²) in [7, 11) is 0. The number of piperazine rings is 1. The number of fused-ring (bicyclic) bond motifs is 1. The van der Waals surface area contributed by atoms with Crippen molar-refractivity contribution in [2.45, 2.75) is 26.7 Å². The van der Waals surface area contributed by atoms with Crippen molar-refractivity contribution in [2.75, 3.05) is 31.1 Å². The summed E-state index contributed by atoms with van der Waals surface area (Å²) in [6, 6.07) is 8.91. The lowest BCUT2D eigenvalue weighted by Crippen LogP contribution is -2.43. The van der Waals surface area contributed by atoms with Crippen LogP contribution < -0.4 is 10.2 Å². The maximum atomic E-state index is 4.86. The van der Waals surface area contributed by atoms with E-state index in [0.717, 1.165) is 37.5 Å². The number of aryl methyl sites for hydroxylation is 1. The van der Waals surface area contributed by atoms with Gasteiger partial charge in [0.1, 0.15) is 5.82 Å². The smallest absolute Gasteiger partial charge is 0.129 e. The first-order valence-electron chi connectivity index (χ1n) is 7.52. The van der Waals surface area contributed by atoms with Crippen molar-refractivity contribution in [3.05, 3.63) is 35.4 Å². The Hall–Kier alpha value is -1.61. The average Bonchev–Trinajstić information content (AvgIpc) is 2.47. The fourth-order valence-corrected chi connectivity index (χ4v) is 2.81. The van der Waals surface area contributed by atoms with Gasteiger partial charge in [0.2, 0.25) is 0 Å². The summed E-state index contributed by atoms with van der Waals surface area (Å²) < 4.78 is 0. The van der Waals surface area contributed by atoms with Crippen LogP contribution in [0.2, 0.25) is 0 Å². The van der Waals surface area contributed by atoms with Crippen LogP contribution in [-0.2, 0) is 0 Å². The standard InChI is InChI=1S/C17H23N3/c1-12(2)14-4-5-16-15(11-14)13(3)10-17(19-16)20-8-6-18-7-9-20/h4-5,10-12,18H,6-9H2,1-3H3. The summed E-state index contributed by atoms with van der Waals surface area (Å²) in [5.74, 6) is 1.68.